The van der Waals surface area contributed by atoms with Gasteiger partial charge in [0, 0.05) is 30.6 Å². The summed E-state index contributed by atoms with van der Waals surface area (Å²) >= 11 is 0. The number of hydrogen-bond acceptors (Lipinski definition) is 6. The SMILES string of the molecule is COc1ccc(Cc2noc(C3CCCC(N)C3)n2)cn1. The summed E-state index contributed by atoms with van der Waals surface area (Å²) in [6.45, 7) is 0. The molecule has 0 amide bonds. The summed E-state index contributed by atoms with van der Waals surface area (Å²) < 4.78 is 10.4. The van der Waals surface area contributed by atoms with Crippen LogP contribution < -0.4 is 10.5 Å². The molecule has 0 radical (unpaired) electrons. The molecule has 6 nitrogen and oxygen atoms in total. The maximum atomic E-state index is 6.01. The Bertz CT molecular complexity index is 582. The van der Waals surface area contributed by atoms with Gasteiger partial charge in [-0.15, -0.1) is 0 Å². The largest absolute Gasteiger partial charge is 0.481 e. The molecule has 1 aliphatic carbocycles. The summed E-state index contributed by atoms with van der Waals surface area (Å²) in [6.07, 6.45) is 6.62. The van der Waals surface area contributed by atoms with Gasteiger partial charge in [0.2, 0.25) is 11.8 Å². The van der Waals surface area contributed by atoms with Crippen LogP contribution in [0.2, 0.25) is 0 Å². The minimum absolute atomic E-state index is 0.255. The highest BCUT2D eigenvalue weighted by molar-refractivity contribution is 5.20. The zero-order valence-electron chi connectivity index (χ0n) is 12.2. The molecule has 2 aromatic rings. The van der Waals surface area contributed by atoms with Crippen molar-refractivity contribution in [3.63, 3.8) is 0 Å². The highest BCUT2D eigenvalue weighted by atomic mass is 16.5. The van der Waals surface area contributed by atoms with Crippen LogP contribution in [-0.2, 0) is 6.42 Å². The van der Waals surface area contributed by atoms with E-state index in [9.17, 15) is 0 Å². The summed E-state index contributed by atoms with van der Waals surface area (Å²) in [5.41, 5.74) is 7.04. The van der Waals surface area contributed by atoms with Gasteiger partial charge in [-0.2, -0.15) is 4.98 Å². The highest BCUT2D eigenvalue weighted by Gasteiger charge is 2.25. The first-order chi connectivity index (χ1) is 10.2. The maximum Gasteiger partial charge on any atom is 0.229 e. The topological polar surface area (TPSA) is 87.1 Å². The molecule has 112 valence electrons. The first kappa shape index (κ1) is 14.0. The van der Waals surface area contributed by atoms with Crippen molar-refractivity contribution in [1.82, 2.24) is 15.1 Å². The molecule has 0 bridgehead atoms. The van der Waals surface area contributed by atoms with Crippen LogP contribution >= 0.6 is 0 Å². The molecular formula is C15H20N4O2. The Labute approximate surface area is 123 Å². The molecule has 3 rings (SSSR count). The normalized spacial score (nSPS) is 22.2. The molecule has 2 heterocycles. The molecule has 6 heteroatoms. The summed E-state index contributed by atoms with van der Waals surface area (Å²) in [7, 11) is 1.60. The number of ether oxygens (including phenoxy) is 1. The Kier molecular flexibility index (Phi) is 4.15. The van der Waals surface area contributed by atoms with E-state index in [1.165, 1.54) is 0 Å². The van der Waals surface area contributed by atoms with Crippen LogP contribution in [0, 0.1) is 0 Å². The first-order valence-electron chi connectivity index (χ1n) is 7.31. The number of pyridine rings is 1. The standard InChI is InChI=1S/C15H20N4O2/c1-20-14-6-5-10(9-17-14)7-13-18-15(21-19-13)11-3-2-4-12(16)8-11/h5-6,9,11-12H,2-4,7-8,16H2,1H3. The van der Waals surface area contributed by atoms with E-state index in [2.05, 4.69) is 15.1 Å². The lowest BCUT2D eigenvalue weighted by molar-refractivity contribution is 0.297. The fourth-order valence-electron chi connectivity index (χ4n) is 2.78. The lowest BCUT2D eigenvalue weighted by atomic mass is 9.86. The van der Waals surface area contributed by atoms with Crippen LogP contribution in [0.5, 0.6) is 5.88 Å². The lowest BCUT2D eigenvalue weighted by Crippen LogP contribution is -2.26. The average molecular weight is 288 g/mol. The van der Waals surface area contributed by atoms with Crippen molar-refractivity contribution in [3.05, 3.63) is 35.6 Å². The summed E-state index contributed by atoms with van der Waals surface area (Å²) in [6, 6.07) is 4.04. The van der Waals surface area contributed by atoms with Gasteiger partial charge in [-0.3, -0.25) is 0 Å². The molecule has 0 saturated heterocycles. The van der Waals surface area contributed by atoms with E-state index >= 15 is 0 Å². The van der Waals surface area contributed by atoms with Crippen molar-refractivity contribution in [1.29, 1.82) is 0 Å². The van der Waals surface area contributed by atoms with E-state index in [1.807, 2.05) is 12.1 Å². The van der Waals surface area contributed by atoms with E-state index in [0.717, 1.165) is 37.1 Å². The Morgan fingerprint density at radius 2 is 2.29 bits per heavy atom. The van der Waals surface area contributed by atoms with Crippen LogP contribution in [0.1, 0.15) is 48.9 Å². The van der Waals surface area contributed by atoms with E-state index < -0.39 is 0 Å². The zero-order valence-corrected chi connectivity index (χ0v) is 12.2. The Morgan fingerprint density at radius 1 is 1.38 bits per heavy atom. The smallest absolute Gasteiger partial charge is 0.229 e. The van der Waals surface area contributed by atoms with Gasteiger partial charge in [0.15, 0.2) is 5.82 Å². The number of methoxy groups -OCH3 is 1. The van der Waals surface area contributed by atoms with Crippen molar-refractivity contribution in [2.45, 2.75) is 44.1 Å². The number of nitrogens with zero attached hydrogens (tertiary/aromatic N) is 3. The van der Waals surface area contributed by atoms with Crippen molar-refractivity contribution in [2.75, 3.05) is 7.11 Å². The second-order valence-electron chi connectivity index (χ2n) is 5.56. The Balaban J connectivity index is 1.66. The first-order valence-corrected chi connectivity index (χ1v) is 7.31. The molecule has 21 heavy (non-hydrogen) atoms. The predicted octanol–water partition coefficient (Wildman–Crippen LogP) is 2.05. The summed E-state index contributed by atoms with van der Waals surface area (Å²) in [4.78, 5) is 8.69. The summed E-state index contributed by atoms with van der Waals surface area (Å²) in [5.74, 6) is 2.32. The van der Waals surface area contributed by atoms with Crippen LogP contribution in [0.15, 0.2) is 22.9 Å². The fraction of sp³-hybridized carbons (Fsp3) is 0.533. The molecule has 0 aliphatic heterocycles. The lowest BCUT2D eigenvalue weighted by Gasteiger charge is -2.23. The highest BCUT2D eigenvalue weighted by Crippen LogP contribution is 2.31. The van der Waals surface area contributed by atoms with Gasteiger partial charge >= 0.3 is 0 Å². The molecule has 1 aliphatic rings. The van der Waals surface area contributed by atoms with Crippen molar-refractivity contribution in [2.24, 2.45) is 5.73 Å². The van der Waals surface area contributed by atoms with Crippen molar-refractivity contribution < 1.29 is 9.26 Å². The maximum absolute atomic E-state index is 6.01. The van der Waals surface area contributed by atoms with Crippen molar-refractivity contribution in [3.8, 4) is 5.88 Å². The van der Waals surface area contributed by atoms with Gasteiger partial charge in [0.05, 0.1) is 7.11 Å². The van der Waals surface area contributed by atoms with Crippen LogP contribution in [0.3, 0.4) is 0 Å². The molecule has 1 fully saturated rings. The third kappa shape index (κ3) is 3.39. The van der Waals surface area contributed by atoms with E-state index in [-0.39, 0.29) is 6.04 Å². The van der Waals surface area contributed by atoms with E-state index in [4.69, 9.17) is 15.0 Å². The quantitative estimate of drug-likeness (QED) is 0.926. The van der Waals surface area contributed by atoms with Gasteiger partial charge in [-0.25, -0.2) is 4.98 Å². The molecule has 2 N–H and O–H groups in total. The molecule has 2 atom stereocenters. The van der Waals surface area contributed by atoms with Crippen LogP contribution in [0.25, 0.3) is 0 Å². The third-order valence-electron chi connectivity index (χ3n) is 3.92. The predicted molar refractivity (Wildman–Crippen MR) is 77.1 cm³/mol. The third-order valence-corrected chi connectivity index (χ3v) is 3.92. The Morgan fingerprint density at radius 3 is 3.00 bits per heavy atom. The molecular weight excluding hydrogens is 268 g/mol. The molecule has 0 spiro atoms. The number of hydrogen-bond donors (Lipinski definition) is 1. The number of nitrogens with two attached hydrogens (primary N) is 1. The zero-order chi connectivity index (χ0) is 14.7. The van der Waals surface area contributed by atoms with Gasteiger partial charge < -0.3 is 15.0 Å². The van der Waals surface area contributed by atoms with Gasteiger partial charge in [-0.05, 0) is 24.8 Å². The van der Waals surface area contributed by atoms with Crippen molar-refractivity contribution >= 4 is 0 Å². The van der Waals surface area contributed by atoms with E-state index in [0.29, 0.717) is 24.0 Å². The number of aromatic nitrogens is 3. The molecule has 2 aromatic heterocycles. The molecule has 0 aromatic carbocycles. The fourth-order valence-corrected chi connectivity index (χ4v) is 2.78. The minimum atomic E-state index is 0.255. The van der Waals surface area contributed by atoms with Gasteiger partial charge in [0.25, 0.3) is 0 Å². The van der Waals surface area contributed by atoms with Crippen LogP contribution in [-0.4, -0.2) is 28.3 Å². The van der Waals surface area contributed by atoms with Gasteiger partial charge in [-0.1, -0.05) is 17.6 Å². The monoisotopic (exact) mass is 288 g/mol. The number of rotatable bonds is 4. The second kappa shape index (κ2) is 6.22. The molecule has 2 unspecified atom stereocenters. The van der Waals surface area contributed by atoms with Gasteiger partial charge in [0.1, 0.15) is 0 Å². The molecule has 1 saturated carbocycles. The minimum Gasteiger partial charge on any atom is -0.481 e. The second-order valence-corrected chi connectivity index (χ2v) is 5.56. The Hall–Kier alpha value is -1.95. The summed E-state index contributed by atoms with van der Waals surface area (Å²) in [5, 5.41) is 4.07. The van der Waals surface area contributed by atoms with E-state index in [1.54, 1.807) is 13.3 Å². The van der Waals surface area contributed by atoms with Crippen LogP contribution in [0.4, 0.5) is 0 Å². The average Bonchev–Trinajstić information content (AvgIpc) is 2.97.